The minimum atomic E-state index is 0.465. The Morgan fingerprint density at radius 1 is 1.21 bits per heavy atom. The van der Waals surface area contributed by atoms with Gasteiger partial charge in [0.05, 0.1) is 12.8 Å². The van der Waals surface area contributed by atoms with Crippen molar-refractivity contribution in [2.75, 3.05) is 13.2 Å². The Morgan fingerprint density at radius 2 is 1.97 bits per heavy atom. The summed E-state index contributed by atoms with van der Waals surface area (Å²) in [4.78, 5) is 0. The molecule has 29 heavy (non-hydrogen) atoms. The first-order valence-electron chi connectivity index (χ1n) is 9.42. The second kappa shape index (κ2) is 12.4. The molecule has 0 fully saturated rings. The molecule has 0 unspecified atom stereocenters. The molecule has 0 aliphatic carbocycles. The summed E-state index contributed by atoms with van der Waals surface area (Å²) < 4.78 is 13.2. The maximum atomic E-state index is 6.16. The largest absolute Gasteiger partial charge is 0.490 e. The van der Waals surface area contributed by atoms with Crippen molar-refractivity contribution < 1.29 is 9.47 Å². The monoisotopic (exact) mass is 523 g/mol. The summed E-state index contributed by atoms with van der Waals surface area (Å²) in [6.07, 6.45) is 4.22. The van der Waals surface area contributed by atoms with Crippen molar-refractivity contribution in [3.8, 4) is 11.5 Å². The first kappa shape index (κ1) is 23.2. The summed E-state index contributed by atoms with van der Waals surface area (Å²) in [5.74, 6) is 1.42. The zero-order valence-corrected chi connectivity index (χ0v) is 19.7. The van der Waals surface area contributed by atoms with Gasteiger partial charge in [-0.1, -0.05) is 18.2 Å². The van der Waals surface area contributed by atoms with E-state index in [0.29, 0.717) is 30.5 Å². The van der Waals surface area contributed by atoms with Crippen molar-refractivity contribution in [2.24, 2.45) is 5.10 Å². The maximum absolute atomic E-state index is 6.16. The van der Waals surface area contributed by atoms with Gasteiger partial charge >= 0.3 is 0 Å². The Kier molecular flexibility index (Phi) is 9.93. The van der Waals surface area contributed by atoms with Gasteiger partial charge in [-0.25, -0.2) is 0 Å². The minimum absolute atomic E-state index is 0.465. The van der Waals surface area contributed by atoms with E-state index in [2.05, 4.69) is 69.3 Å². The Morgan fingerprint density at radius 3 is 2.62 bits per heavy atom. The van der Waals surface area contributed by atoms with Crippen LogP contribution in [0.2, 0.25) is 0 Å². The van der Waals surface area contributed by atoms with Crippen LogP contribution in [0.3, 0.4) is 0 Å². The third-order valence-corrected chi connectivity index (χ3v) is 4.79. The number of hydrazone groups is 1. The van der Waals surface area contributed by atoms with E-state index in [1.807, 2.05) is 32.1 Å². The van der Waals surface area contributed by atoms with Crippen molar-refractivity contribution in [1.29, 1.82) is 0 Å². The molecule has 5 nitrogen and oxygen atoms in total. The van der Waals surface area contributed by atoms with Crippen LogP contribution in [0, 0.1) is 3.57 Å². The van der Waals surface area contributed by atoms with E-state index in [4.69, 9.17) is 21.7 Å². The van der Waals surface area contributed by atoms with Crippen LogP contribution < -0.4 is 20.2 Å². The molecule has 0 saturated carbocycles. The molecule has 0 heterocycles. The van der Waals surface area contributed by atoms with Crippen LogP contribution in [-0.4, -0.2) is 24.5 Å². The average Bonchev–Trinajstić information content (AvgIpc) is 2.69. The number of nitrogens with zero attached hydrogens (tertiary/aromatic N) is 1. The van der Waals surface area contributed by atoms with Gasteiger partial charge in [0.1, 0.15) is 6.61 Å². The molecule has 2 rings (SSSR count). The molecular formula is C22H26IN3O2S. The number of ether oxygens (including phenoxy) is 2. The number of hydrogen-bond acceptors (Lipinski definition) is 4. The van der Waals surface area contributed by atoms with E-state index in [1.165, 1.54) is 3.57 Å². The number of halogens is 1. The number of thiocarbonyl (C=S) groups is 1. The normalized spacial score (nSPS) is 10.6. The molecule has 0 aliphatic rings. The van der Waals surface area contributed by atoms with Gasteiger partial charge in [-0.2, -0.15) is 5.10 Å². The number of allylic oxidation sites excluding steroid dienone is 1. The Balaban J connectivity index is 2.25. The number of rotatable bonds is 10. The topological polar surface area (TPSA) is 54.9 Å². The molecule has 0 amide bonds. The molecule has 0 radical (unpaired) electrons. The summed E-state index contributed by atoms with van der Waals surface area (Å²) in [5, 5.41) is 7.66. The fraction of sp³-hybridized carbons (Fsp3) is 0.273. The SMILES string of the molecule is C=CCc1cc(/C=N\NC(=S)NCC)cc(OCC)c1OCc1ccc(I)cc1. The Labute approximate surface area is 191 Å². The van der Waals surface area contributed by atoms with Gasteiger partial charge in [-0.3, -0.25) is 5.43 Å². The van der Waals surface area contributed by atoms with Crippen molar-refractivity contribution in [3.05, 3.63) is 69.3 Å². The lowest BCUT2D eigenvalue weighted by atomic mass is 10.1. The predicted octanol–water partition coefficient (Wildman–Crippen LogP) is 4.82. The van der Waals surface area contributed by atoms with Gasteiger partial charge in [-0.05, 0) is 90.5 Å². The molecule has 0 aromatic heterocycles. The standard InChI is InChI=1S/C22H26IN3O2S/c1-4-7-18-12-17(14-25-26-22(29)24-5-2)13-20(27-6-3)21(18)28-15-16-8-10-19(23)11-9-16/h4,8-14H,1,5-7,15H2,2-3H3,(H2,24,26,29)/b25-14-. The van der Waals surface area contributed by atoms with E-state index < -0.39 is 0 Å². The highest BCUT2D eigenvalue weighted by Gasteiger charge is 2.13. The van der Waals surface area contributed by atoms with E-state index >= 15 is 0 Å². The lowest BCUT2D eigenvalue weighted by molar-refractivity contribution is 0.267. The van der Waals surface area contributed by atoms with E-state index in [0.717, 1.165) is 29.0 Å². The summed E-state index contributed by atoms with van der Waals surface area (Å²) in [6.45, 7) is 9.54. The minimum Gasteiger partial charge on any atom is -0.490 e. The summed E-state index contributed by atoms with van der Waals surface area (Å²) in [7, 11) is 0. The lowest BCUT2D eigenvalue weighted by Gasteiger charge is -2.17. The van der Waals surface area contributed by atoms with Gasteiger partial charge in [0.2, 0.25) is 0 Å². The van der Waals surface area contributed by atoms with Crippen LogP contribution in [0.15, 0.2) is 54.2 Å². The second-order valence-electron chi connectivity index (χ2n) is 6.08. The summed E-state index contributed by atoms with van der Waals surface area (Å²) in [6, 6.07) is 12.2. The van der Waals surface area contributed by atoms with Crippen molar-refractivity contribution >= 4 is 46.1 Å². The van der Waals surface area contributed by atoms with Crippen LogP contribution >= 0.6 is 34.8 Å². The molecular weight excluding hydrogens is 497 g/mol. The molecule has 0 atom stereocenters. The first-order chi connectivity index (χ1) is 14.1. The van der Waals surface area contributed by atoms with Gasteiger partial charge in [0.15, 0.2) is 16.6 Å². The predicted molar refractivity (Wildman–Crippen MR) is 132 cm³/mol. The van der Waals surface area contributed by atoms with Gasteiger partial charge in [-0.15, -0.1) is 6.58 Å². The highest BCUT2D eigenvalue weighted by molar-refractivity contribution is 14.1. The van der Waals surface area contributed by atoms with Crippen LogP contribution in [0.1, 0.15) is 30.5 Å². The average molecular weight is 523 g/mol. The highest BCUT2D eigenvalue weighted by atomic mass is 127. The summed E-state index contributed by atoms with van der Waals surface area (Å²) >= 11 is 7.41. The fourth-order valence-corrected chi connectivity index (χ4v) is 3.15. The molecule has 2 aromatic rings. The maximum Gasteiger partial charge on any atom is 0.186 e. The summed E-state index contributed by atoms with van der Waals surface area (Å²) in [5.41, 5.74) is 5.78. The van der Waals surface area contributed by atoms with Crippen LogP contribution in [0.25, 0.3) is 0 Å². The van der Waals surface area contributed by atoms with Crippen LogP contribution in [0.5, 0.6) is 11.5 Å². The van der Waals surface area contributed by atoms with Gasteiger partial charge in [0.25, 0.3) is 0 Å². The molecule has 0 aliphatic heterocycles. The van der Waals surface area contributed by atoms with Crippen LogP contribution in [-0.2, 0) is 13.0 Å². The van der Waals surface area contributed by atoms with E-state index in [9.17, 15) is 0 Å². The molecule has 0 spiro atoms. The van der Waals surface area contributed by atoms with Crippen molar-refractivity contribution in [2.45, 2.75) is 26.9 Å². The zero-order chi connectivity index (χ0) is 21.1. The van der Waals surface area contributed by atoms with Crippen molar-refractivity contribution in [3.63, 3.8) is 0 Å². The first-order valence-corrected chi connectivity index (χ1v) is 10.9. The lowest BCUT2D eigenvalue weighted by Crippen LogP contribution is -2.31. The molecule has 2 aromatic carbocycles. The number of hydrogen-bond donors (Lipinski definition) is 2. The quantitative estimate of drug-likeness (QED) is 0.154. The molecule has 7 heteroatoms. The third kappa shape index (κ3) is 7.66. The fourth-order valence-electron chi connectivity index (χ4n) is 2.59. The van der Waals surface area contributed by atoms with Gasteiger partial charge < -0.3 is 14.8 Å². The number of nitrogens with one attached hydrogen (secondary N) is 2. The highest BCUT2D eigenvalue weighted by Crippen LogP contribution is 2.34. The van der Waals surface area contributed by atoms with Gasteiger partial charge in [0, 0.05) is 15.7 Å². The number of benzene rings is 2. The molecule has 0 saturated heterocycles. The van der Waals surface area contributed by atoms with Crippen LogP contribution in [0.4, 0.5) is 0 Å². The van der Waals surface area contributed by atoms with Crippen molar-refractivity contribution in [1.82, 2.24) is 10.7 Å². The molecule has 0 bridgehead atoms. The zero-order valence-electron chi connectivity index (χ0n) is 16.7. The third-order valence-electron chi connectivity index (χ3n) is 3.83. The Hall–Kier alpha value is -2.13. The Bertz CT molecular complexity index is 854. The van der Waals surface area contributed by atoms with E-state index in [-0.39, 0.29) is 0 Å². The molecule has 2 N–H and O–H groups in total. The smallest absolute Gasteiger partial charge is 0.186 e. The second-order valence-corrected chi connectivity index (χ2v) is 7.73. The molecule has 154 valence electrons. The van der Waals surface area contributed by atoms with E-state index in [1.54, 1.807) is 6.21 Å².